The smallest absolute Gasteiger partial charge is 0.269 e. The molecule has 0 bridgehead atoms. The Balaban J connectivity index is 1.84. The van der Waals surface area contributed by atoms with Crippen LogP contribution in [-0.2, 0) is 14.4 Å². The van der Waals surface area contributed by atoms with Crippen molar-refractivity contribution in [1.82, 2.24) is 14.7 Å². The Bertz CT molecular complexity index is 455. The highest BCUT2D eigenvalue weighted by Crippen LogP contribution is 2.26. The lowest BCUT2D eigenvalue weighted by Gasteiger charge is -2.37. The van der Waals surface area contributed by atoms with Crippen LogP contribution in [0.15, 0.2) is 5.16 Å². The predicted molar refractivity (Wildman–Crippen MR) is 78.9 cm³/mol. The summed E-state index contributed by atoms with van der Waals surface area (Å²) in [7, 11) is 3.51. The minimum atomic E-state index is -0.855. The van der Waals surface area contributed by atoms with E-state index in [0.717, 1.165) is 5.71 Å². The second kappa shape index (κ2) is 6.01. The third kappa shape index (κ3) is 3.53. The predicted octanol–water partition coefficient (Wildman–Crippen LogP) is -0.226. The number of nitrogens with zero attached hydrogens (tertiary/aromatic N) is 4. The van der Waals surface area contributed by atoms with Crippen molar-refractivity contribution in [2.45, 2.75) is 25.9 Å². The third-order valence-corrected chi connectivity index (χ3v) is 3.97. The molecule has 7 heteroatoms. The largest absolute Gasteiger partial charge is 0.379 e. The van der Waals surface area contributed by atoms with Gasteiger partial charge in [-0.05, 0) is 13.8 Å². The first-order valence-electron chi connectivity index (χ1n) is 7.25. The number of hydrogen-bond acceptors (Lipinski definition) is 5. The van der Waals surface area contributed by atoms with Crippen LogP contribution in [0.25, 0.3) is 0 Å². The Morgan fingerprint density at radius 1 is 1.29 bits per heavy atom. The molecule has 21 heavy (non-hydrogen) atoms. The van der Waals surface area contributed by atoms with Crippen LogP contribution in [-0.4, -0.2) is 84.6 Å². The van der Waals surface area contributed by atoms with Crippen molar-refractivity contribution >= 4 is 17.5 Å². The molecule has 0 aromatic rings. The fraction of sp³-hybridized carbons (Fsp3) is 0.786. The zero-order chi connectivity index (χ0) is 15.6. The molecule has 0 aromatic carbocycles. The molecule has 0 saturated carbocycles. The quantitative estimate of drug-likeness (QED) is 0.722. The van der Waals surface area contributed by atoms with Crippen molar-refractivity contribution in [1.29, 1.82) is 0 Å². The van der Waals surface area contributed by atoms with Gasteiger partial charge in [0.1, 0.15) is 0 Å². The minimum Gasteiger partial charge on any atom is -0.379 e. The standard InChI is InChI=1S/C14H24N4O3/c1-11-9-14(2,21-15-11)13(20)18-7-5-17(6-8-18)10-12(19)16(3)4/h5-10H2,1-4H3/t14-/m0/s1. The number of amides is 2. The summed E-state index contributed by atoms with van der Waals surface area (Å²) in [6, 6.07) is 0. The molecule has 2 aliphatic heterocycles. The van der Waals surface area contributed by atoms with Gasteiger partial charge in [-0.3, -0.25) is 14.5 Å². The summed E-state index contributed by atoms with van der Waals surface area (Å²) in [4.78, 5) is 35.0. The van der Waals surface area contributed by atoms with Crippen molar-refractivity contribution in [2.24, 2.45) is 5.16 Å². The van der Waals surface area contributed by atoms with Gasteiger partial charge < -0.3 is 14.6 Å². The van der Waals surface area contributed by atoms with Gasteiger partial charge in [0.25, 0.3) is 5.91 Å². The van der Waals surface area contributed by atoms with Gasteiger partial charge in [0.2, 0.25) is 11.5 Å². The molecule has 2 heterocycles. The number of rotatable bonds is 3. The molecule has 0 unspecified atom stereocenters. The molecule has 2 aliphatic rings. The van der Waals surface area contributed by atoms with Crippen molar-refractivity contribution in [3.05, 3.63) is 0 Å². The first kappa shape index (κ1) is 15.8. The molecule has 0 N–H and O–H groups in total. The lowest BCUT2D eigenvalue weighted by atomic mass is 9.98. The molecule has 7 nitrogen and oxygen atoms in total. The molecule has 1 saturated heterocycles. The van der Waals surface area contributed by atoms with Crippen LogP contribution in [0, 0.1) is 0 Å². The Hall–Kier alpha value is -1.63. The third-order valence-electron chi connectivity index (χ3n) is 3.97. The number of hydrogen-bond donors (Lipinski definition) is 0. The molecule has 0 radical (unpaired) electrons. The average Bonchev–Trinajstić information content (AvgIpc) is 2.79. The van der Waals surface area contributed by atoms with Gasteiger partial charge in [-0.25, -0.2) is 0 Å². The number of carbonyl (C=O) groups excluding carboxylic acids is 2. The van der Waals surface area contributed by atoms with Gasteiger partial charge in [-0.1, -0.05) is 5.16 Å². The Labute approximate surface area is 125 Å². The highest BCUT2D eigenvalue weighted by atomic mass is 16.7. The molecule has 1 fully saturated rings. The van der Waals surface area contributed by atoms with Gasteiger partial charge >= 0.3 is 0 Å². The average molecular weight is 296 g/mol. The molecular formula is C14H24N4O3. The molecule has 0 aromatic heterocycles. The Morgan fingerprint density at radius 2 is 1.90 bits per heavy atom. The SMILES string of the molecule is CC1=NO[C@](C)(C(=O)N2CCN(CC(=O)N(C)C)CC2)C1. The van der Waals surface area contributed by atoms with Crippen molar-refractivity contribution in [3.63, 3.8) is 0 Å². The number of carbonyl (C=O) groups is 2. The molecule has 1 atom stereocenters. The van der Waals surface area contributed by atoms with E-state index in [4.69, 9.17) is 4.84 Å². The van der Waals surface area contributed by atoms with Crippen molar-refractivity contribution < 1.29 is 14.4 Å². The second-order valence-corrected chi connectivity index (χ2v) is 6.18. The van der Waals surface area contributed by atoms with Crippen molar-refractivity contribution in [2.75, 3.05) is 46.8 Å². The van der Waals surface area contributed by atoms with Gasteiger partial charge in [0.05, 0.1) is 12.3 Å². The van der Waals surface area contributed by atoms with Gasteiger partial charge in [0, 0.05) is 46.7 Å². The highest BCUT2D eigenvalue weighted by Gasteiger charge is 2.43. The second-order valence-electron chi connectivity index (χ2n) is 6.18. The van der Waals surface area contributed by atoms with E-state index in [2.05, 4.69) is 10.1 Å². The monoisotopic (exact) mass is 296 g/mol. The molecule has 2 rings (SSSR count). The highest BCUT2D eigenvalue weighted by molar-refractivity contribution is 5.94. The van der Waals surface area contributed by atoms with E-state index in [9.17, 15) is 9.59 Å². The zero-order valence-electron chi connectivity index (χ0n) is 13.3. The van der Waals surface area contributed by atoms with E-state index in [0.29, 0.717) is 39.1 Å². The van der Waals surface area contributed by atoms with Crippen LogP contribution >= 0.6 is 0 Å². The van der Waals surface area contributed by atoms with Crippen LogP contribution in [0.5, 0.6) is 0 Å². The zero-order valence-corrected chi connectivity index (χ0v) is 13.3. The maximum Gasteiger partial charge on any atom is 0.269 e. The van der Waals surface area contributed by atoms with Crippen molar-refractivity contribution in [3.8, 4) is 0 Å². The summed E-state index contributed by atoms with van der Waals surface area (Å²) in [5.41, 5.74) is -0.00724. The van der Waals surface area contributed by atoms with Gasteiger partial charge in [-0.2, -0.15) is 0 Å². The lowest BCUT2D eigenvalue weighted by molar-refractivity contribution is -0.155. The summed E-state index contributed by atoms with van der Waals surface area (Å²) in [6.45, 7) is 6.73. The fourth-order valence-electron chi connectivity index (χ4n) is 2.62. The lowest BCUT2D eigenvalue weighted by Crippen LogP contribution is -2.56. The number of piperazine rings is 1. The molecule has 0 spiro atoms. The van der Waals surface area contributed by atoms with E-state index < -0.39 is 5.60 Å². The number of likely N-dealkylation sites (N-methyl/N-ethyl adjacent to an activating group) is 1. The molecule has 2 amide bonds. The van der Waals surface area contributed by atoms with Crippen LogP contribution in [0.4, 0.5) is 0 Å². The van der Waals surface area contributed by atoms with Crippen LogP contribution in [0.1, 0.15) is 20.3 Å². The van der Waals surface area contributed by atoms with E-state index in [1.165, 1.54) is 0 Å². The minimum absolute atomic E-state index is 0.0123. The van der Waals surface area contributed by atoms with Gasteiger partial charge in [0.15, 0.2) is 0 Å². The summed E-state index contributed by atoms with van der Waals surface area (Å²) >= 11 is 0. The van der Waals surface area contributed by atoms with Crippen LogP contribution in [0.2, 0.25) is 0 Å². The Morgan fingerprint density at radius 3 is 2.38 bits per heavy atom. The Kier molecular flexibility index (Phi) is 4.51. The molecule has 0 aliphatic carbocycles. The number of oxime groups is 1. The normalized spacial score (nSPS) is 26.3. The first-order chi connectivity index (χ1) is 9.82. The van der Waals surface area contributed by atoms with Crippen LogP contribution < -0.4 is 0 Å². The van der Waals surface area contributed by atoms with E-state index in [-0.39, 0.29) is 11.8 Å². The van der Waals surface area contributed by atoms with Crippen LogP contribution in [0.3, 0.4) is 0 Å². The summed E-state index contributed by atoms with van der Waals surface area (Å²) in [5, 5.41) is 3.89. The summed E-state index contributed by atoms with van der Waals surface area (Å²) in [5.74, 6) is 0.0755. The van der Waals surface area contributed by atoms with E-state index in [1.54, 1.807) is 25.9 Å². The van der Waals surface area contributed by atoms with Gasteiger partial charge in [-0.15, -0.1) is 0 Å². The maximum atomic E-state index is 12.5. The molecular weight excluding hydrogens is 272 g/mol. The summed E-state index contributed by atoms with van der Waals surface area (Å²) in [6.07, 6.45) is 0.547. The molecule has 118 valence electrons. The fourth-order valence-corrected chi connectivity index (χ4v) is 2.62. The first-order valence-corrected chi connectivity index (χ1v) is 7.25. The summed E-state index contributed by atoms with van der Waals surface area (Å²) < 4.78 is 0. The maximum absolute atomic E-state index is 12.5. The van der Waals surface area contributed by atoms with E-state index in [1.807, 2.05) is 11.8 Å². The van der Waals surface area contributed by atoms with E-state index >= 15 is 0 Å². The topological polar surface area (TPSA) is 65.5 Å².